The largest absolute Gasteiger partial charge is 0.303 e. The maximum atomic E-state index is 12.7. The van der Waals surface area contributed by atoms with Crippen LogP contribution in [0.2, 0.25) is 0 Å². The van der Waals surface area contributed by atoms with Crippen molar-refractivity contribution in [2.45, 2.75) is 77.3 Å². The Morgan fingerprint density at radius 3 is 2.21 bits per heavy atom. The lowest BCUT2D eigenvalue weighted by Gasteiger charge is -2.31. The number of nitro groups is 1. The molecule has 0 aliphatic carbocycles. The molecule has 0 radical (unpaired) electrons. The van der Waals surface area contributed by atoms with E-state index in [2.05, 4.69) is 10.0 Å². The average molecular weight is 428 g/mol. The second kappa shape index (κ2) is 9.77. The zero-order valence-electron chi connectivity index (χ0n) is 18.1. The molecule has 1 atom stereocenters. The van der Waals surface area contributed by atoms with E-state index in [0.29, 0.717) is 19.3 Å². The van der Waals surface area contributed by atoms with E-state index in [9.17, 15) is 23.3 Å². The Bertz CT molecular complexity index is 823. The van der Waals surface area contributed by atoms with Crippen molar-refractivity contribution >= 4 is 21.5 Å². The summed E-state index contributed by atoms with van der Waals surface area (Å²) in [6.45, 7) is 11.8. The number of ketones is 1. The topological polar surface area (TPSA) is 118 Å². The van der Waals surface area contributed by atoms with Gasteiger partial charge in [0.15, 0.2) is 10.7 Å². The molecule has 29 heavy (non-hydrogen) atoms. The molecule has 0 fully saturated rings. The summed E-state index contributed by atoms with van der Waals surface area (Å²) in [6.07, 6.45) is 1.73. The standard InChI is InChI=1S/C20H33N3O5S/c1-19(2,3)18(24)15(22-20(4,5)6)11-9-10-14-21-29(27,28)17-13-8-7-12-16(17)23(25)26/h7-8,12-13,15,21-22H,9-11,14H2,1-6H3. The summed E-state index contributed by atoms with van der Waals surface area (Å²) in [5, 5.41) is 14.4. The van der Waals surface area contributed by atoms with Gasteiger partial charge >= 0.3 is 0 Å². The maximum Gasteiger partial charge on any atom is 0.289 e. The van der Waals surface area contributed by atoms with Crippen molar-refractivity contribution in [3.8, 4) is 0 Å². The van der Waals surface area contributed by atoms with Gasteiger partial charge < -0.3 is 5.32 Å². The number of Topliss-reactive ketones (excluding diaryl/α,β-unsaturated/α-hetero) is 1. The van der Waals surface area contributed by atoms with Gasteiger partial charge in [-0.3, -0.25) is 14.9 Å². The third-order valence-corrected chi connectivity index (χ3v) is 5.73. The maximum absolute atomic E-state index is 12.7. The molecule has 9 heteroatoms. The van der Waals surface area contributed by atoms with Crippen molar-refractivity contribution in [2.75, 3.05) is 6.54 Å². The zero-order valence-corrected chi connectivity index (χ0v) is 18.9. The molecule has 1 aromatic rings. The molecule has 0 aromatic heterocycles. The van der Waals surface area contributed by atoms with Gasteiger partial charge in [0.05, 0.1) is 11.0 Å². The van der Waals surface area contributed by atoms with Crippen LogP contribution in [0.1, 0.15) is 60.8 Å². The van der Waals surface area contributed by atoms with E-state index < -0.39 is 26.0 Å². The summed E-state index contributed by atoms with van der Waals surface area (Å²) in [5.74, 6) is 0.118. The number of nitro benzene ring substituents is 1. The fraction of sp³-hybridized carbons (Fsp3) is 0.650. The minimum Gasteiger partial charge on any atom is -0.303 e. The molecule has 8 nitrogen and oxygen atoms in total. The number of para-hydroxylation sites is 1. The number of nitrogens with one attached hydrogen (secondary N) is 2. The molecule has 1 unspecified atom stereocenters. The molecule has 0 amide bonds. The van der Waals surface area contributed by atoms with Crippen molar-refractivity contribution in [3.63, 3.8) is 0 Å². The quantitative estimate of drug-likeness (QED) is 0.335. The Hall–Kier alpha value is -1.84. The van der Waals surface area contributed by atoms with Gasteiger partial charge in [-0.2, -0.15) is 0 Å². The summed E-state index contributed by atoms with van der Waals surface area (Å²) in [6, 6.07) is 4.93. The van der Waals surface area contributed by atoms with Crippen LogP contribution in [-0.2, 0) is 14.8 Å². The van der Waals surface area contributed by atoms with Crippen LogP contribution in [0.5, 0.6) is 0 Å². The van der Waals surface area contributed by atoms with E-state index in [1.165, 1.54) is 18.2 Å². The molecule has 1 rings (SSSR count). The Kier molecular flexibility index (Phi) is 8.49. The van der Waals surface area contributed by atoms with Crippen LogP contribution in [0, 0.1) is 15.5 Å². The van der Waals surface area contributed by atoms with Crippen LogP contribution >= 0.6 is 0 Å². The predicted molar refractivity (Wildman–Crippen MR) is 113 cm³/mol. The monoisotopic (exact) mass is 427 g/mol. The summed E-state index contributed by atoms with van der Waals surface area (Å²) >= 11 is 0. The van der Waals surface area contributed by atoms with E-state index in [1.54, 1.807) is 0 Å². The Morgan fingerprint density at radius 1 is 1.10 bits per heavy atom. The molecule has 1 aromatic carbocycles. The molecule has 0 saturated carbocycles. The highest BCUT2D eigenvalue weighted by Crippen LogP contribution is 2.23. The van der Waals surface area contributed by atoms with Crippen molar-refractivity contribution < 1.29 is 18.1 Å². The smallest absolute Gasteiger partial charge is 0.289 e. The predicted octanol–water partition coefficient (Wildman–Crippen LogP) is 3.42. The average Bonchev–Trinajstić information content (AvgIpc) is 2.57. The minimum absolute atomic E-state index is 0.118. The van der Waals surface area contributed by atoms with Crippen molar-refractivity contribution in [2.24, 2.45) is 5.41 Å². The Morgan fingerprint density at radius 2 is 1.69 bits per heavy atom. The van der Waals surface area contributed by atoms with Gasteiger partial charge in [0, 0.05) is 23.6 Å². The lowest BCUT2D eigenvalue weighted by atomic mass is 9.84. The molecule has 0 aliphatic rings. The summed E-state index contributed by atoms with van der Waals surface area (Å²) in [7, 11) is -3.98. The number of nitrogens with zero attached hydrogens (tertiary/aromatic N) is 1. The normalized spacial score (nSPS) is 13.9. The van der Waals surface area contributed by atoms with Crippen molar-refractivity contribution in [1.82, 2.24) is 10.0 Å². The van der Waals surface area contributed by atoms with Gasteiger partial charge in [-0.1, -0.05) is 39.3 Å². The lowest BCUT2D eigenvalue weighted by Crippen LogP contribution is -2.50. The number of carbonyl (C=O) groups is 1. The van der Waals surface area contributed by atoms with Crippen molar-refractivity contribution in [1.29, 1.82) is 0 Å². The highest BCUT2D eigenvalue weighted by Gasteiger charge is 2.31. The van der Waals surface area contributed by atoms with Gasteiger partial charge in [0.2, 0.25) is 10.0 Å². The van der Waals surface area contributed by atoms with Gasteiger partial charge in [0.1, 0.15) is 0 Å². The van der Waals surface area contributed by atoms with Crippen LogP contribution < -0.4 is 10.0 Å². The second-order valence-electron chi connectivity index (χ2n) is 9.18. The molecule has 2 N–H and O–H groups in total. The molecule has 0 aliphatic heterocycles. The summed E-state index contributed by atoms with van der Waals surface area (Å²) < 4.78 is 27.2. The van der Waals surface area contributed by atoms with E-state index in [1.807, 2.05) is 41.5 Å². The Balaban J connectivity index is 2.68. The first kappa shape index (κ1) is 25.2. The highest BCUT2D eigenvalue weighted by atomic mass is 32.2. The van der Waals surface area contributed by atoms with Gasteiger partial charge in [-0.25, -0.2) is 13.1 Å². The number of carbonyl (C=O) groups excluding carboxylic acids is 1. The number of hydrogen-bond acceptors (Lipinski definition) is 6. The third kappa shape index (κ3) is 8.20. The number of sulfonamides is 1. The van der Waals surface area contributed by atoms with E-state index >= 15 is 0 Å². The van der Waals surface area contributed by atoms with Crippen LogP contribution in [0.25, 0.3) is 0 Å². The minimum atomic E-state index is -3.98. The van der Waals surface area contributed by atoms with E-state index in [0.717, 1.165) is 6.07 Å². The third-order valence-electron chi connectivity index (χ3n) is 4.23. The van der Waals surface area contributed by atoms with Gasteiger partial charge in [-0.15, -0.1) is 0 Å². The highest BCUT2D eigenvalue weighted by molar-refractivity contribution is 7.89. The molecule has 0 saturated heterocycles. The number of hydrogen-bond donors (Lipinski definition) is 2. The fourth-order valence-electron chi connectivity index (χ4n) is 2.91. The molecule has 164 valence electrons. The molecular formula is C20H33N3O5S. The second-order valence-corrected chi connectivity index (χ2v) is 10.9. The fourth-order valence-corrected chi connectivity index (χ4v) is 4.15. The van der Waals surface area contributed by atoms with Gasteiger partial charge in [-0.05, 0) is 39.7 Å². The van der Waals surface area contributed by atoms with E-state index in [-0.39, 0.29) is 28.8 Å². The van der Waals surface area contributed by atoms with Crippen molar-refractivity contribution in [3.05, 3.63) is 34.4 Å². The van der Waals surface area contributed by atoms with Gasteiger partial charge in [0.25, 0.3) is 5.69 Å². The first-order chi connectivity index (χ1) is 13.1. The number of unbranched alkanes of at least 4 members (excludes halogenated alkanes) is 1. The van der Waals surface area contributed by atoms with Crippen LogP contribution in [0.4, 0.5) is 5.69 Å². The summed E-state index contributed by atoms with van der Waals surface area (Å²) in [4.78, 5) is 22.7. The SMILES string of the molecule is CC(C)(C)NC(CCCCNS(=O)(=O)c1ccccc1[N+](=O)[O-])C(=O)C(C)(C)C. The summed E-state index contributed by atoms with van der Waals surface area (Å²) in [5.41, 5.74) is -1.15. The molecule has 0 bridgehead atoms. The molecule has 0 heterocycles. The zero-order chi connectivity index (χ0) is 22.5. The van der Waals surface area contributed by atoms with Crippen LogP contribution in [-0.4, -0.2) is 37.2 Å². The van der Waals surface area contributed by atoms with Crippen LogP contribution in [0.3, 0.4) is 0 Å². The lowest BCUT2D eigenvalue weighted by molar-refractivity contribution is -0.387. The molecular weight excluding hydrogens is 394 g/mol. The van der Waals surface area contributed by atoms with Crippen LogP contribution in [0.15, 0.2) is 29.2 Å². The molecule has 0 spiro atoms. The first-order valence-corrected chi connectivity index (χ1v) is 11.2. The number of rotatable bonds is 10. The number of benzene rings is 1. The first-order valence-electron chi connectivity index (χ1n) is 9.70. The Labute approximate surface area is 173 Å². The van der Waals surface area contributed by atoms with E-state index in [4.69, 9.17) is 0 Å².